The average molecular weight is 545 g/mol. The summed E-state index contributed by atoms with van der Waals surface area (Å²) in [5, 5.41) is 0.692. The molecule has 1 aliphatic rings. The van der Waals surface area contributed by atoms with E-state index >= 15 is 0 Å². The van der Waals surface area contributed by atoms with Crippen LogP contribution in [0.2, 0.25) is 5.02 Å². The normalized spacial score (nSPS) is 22.5. The average Bonchev–Trinajstić information content (AvgIpc) is 2.76. The summed E-state index contributed by atoms with van der Waals surface area (Å²) in [5.41, 5.74) is 1.47. The van der Waals surface area contributed by atoms with Gasteiger partial charge in [-0.15, -0.1) is 0 Å². The topological polar surface area (TPSA) is 54.0 Å². The SMILES string of the molecule is CCC[C@H]1OC[C@@H](OCc2ccc(I)c(Cl)c2)[C@@H](C(C)OC(=O)c2ccccc2)O1. The van der Waals surface area contributed by atoms with Crippen LogP contribution in [-0.2, 0) is 25.6 Å². The Morgan fingerprint density at radius 2 is 2.03 bits per heavy atom. The molecule has 3 rings (SSSR count). The van der Waals surface area contributed by atoms with Crippen LogP contribution in [0.3, 0.4) is 0 Å². The number of carbonyl (C=O) groups excluding carboxylic acids is 1. The summed E-state index contributed by atoms with van der Waals surface area (Å²) in [6, 6.07) is 14.8. The molecule has 7 heteroatoms. The lowest BCUT2D eigenvalue weighted by Crippen LogP contribution is -2.51. The first kappa shape index (κ1) is 23.5. The van der Waals surface area contributed by atoms with Crippen molar-refractivity contribution in [2.75, 3.05) is 6.61 Å². The molecule has 2 aromatic rings. The standard InChI is InChI=1S/C23H26ClIO5/c1-3-7-21-28-14-20(27-13-16-10-11-19(25)18(24)12-16)22(30-21)15(2)29-23(26)17-8-5-4-6-9-17/h4-6,8-12,15,20-22H,3,7,13-14H2,1-2H3/t15?,20-,21+,22-/m1/s1. The summed E-state index contributed by atoms with van der Waals surface area (Å²) in [7, 11) is 0. The van der Waals surface area contributed by atoms with E-state index in [1.54, 1.807) is 12.1 Å². The molecule has 0 bridgehead atoms. The van der Waals surface area contributed by atoms with Crippen molar-refractivity contribution < 1.29 is 23.7 Å². The monoisotopic (exact) mass is 544 g/mol. The third-order valence-corrected chi connectivity index (χ3v) is 6.43. The van der Waals surface area contributed by atoms with Crippen LogP contribution in [0, 0.1) is 3.57 Å². The zero-order chi connectivity index (χ0) is 21.5. The lowest BCUT2D eigenvalue weighted by molar-refractivity contribution is -0.280. The molecule has 30 heavy (non-hydrogen) atoms. The van der Waals surface area contributed by atoms with Gasteiger partial charge in [0.1, 0.15) is 18.3 Å². The molecular weight excluding hydrogens is 519 g/mol. The van der Waals surface area contributed by atoms with Crippen molar-refractivity contribution in [3.8, 4) is 0 Å². The van der Waals surface area contributed by atoms with Crippen molar-refractivity contribution in [1.82, 2.24) is 0 Å². The van der Waals surface area contributed by atoms with Gasteiger partial charge in [-0.1, -0.05) is 49.2 Å². The number of rotatable bonds is 8. The van der Waals surface area contributed by atoms with E-state index in [0.29, 0.717) is 23.8 Å². The minimum atomic E-state index is -0.494. The Hall–Kier alpha value is -1.19. The lowest BCUT2D eigenvalue weighted by atomic mass is 10.1. The van der Waals surface area contributed by atoms with Gasteiger partial charge in [-0.05, 0) is 65.8 Å². The largest absolute Gasteiger partial charge is 0.456 e. The second-order valence-electron chi connectivity index (χ2n) is 7.23. The van der Waals surface area contributed by atoms with E-state index in [1.807, 2.05) is 43.3 Å². The fourth-order valence-electron chi connectivity index (χ4n) is 3.25. The molecule has 0 aliphatic carbocycles. The molecule has 0 aromatic heterocycles. The number of hydrogen-bond donors (Lipinski definition) is 0. The van der Waals surface area contributed by atoms with Crippen molar-refractivity contribution in [2.45, 2.75) is 57.9 Å². The Kier molecular flexibility index (Phi) is 8.95. The fraction of sp³-hybridized carbons (Fsp3) is 0.435. The van der Waals surface area contributed by atoms with Gasteiger partial charge in [0.05, 0.1) is 23.8 Å². The summed E-state index contributed by atoms with van der Waals surface area (Å²) in [4.78, 5) is 12.5. The van der Waals surface area contributed by atoms with Crippen LogP contribution < -0.4 is 0 Å². The van der Waals surface area contributed by atoms with Gasteiger partial charge >= 0.3 is 5.97 Å². The molecule has 1 aliphatic heterocycles. The van der Waals surface area contributed by atoms with Gasteiger partial charge in [0.2, 0.25) is 0 Å². The van der Waals surface area contributed by atoms with Gasteiger partial charge in [0.15, 0.2) is 6.29 Å². The van der Waals surface area contributed by atoms with Crippen molar-refractivity contribution >= 4 is 40.2 Å². The molecule has 0 amide bonds. The molecule has 0 saturated carbocycles. The Bertz CT molecular complexity index is 832. The molecule has 1 unspecified atom stereocenters. The molecule has 0 spiro atoms. The second-order valence-corrected chi connectivity index (χ2v) is 8.80. The zero-order valence-electron chi connectivity index (χ0n) is 17.1. The molecule has 0 radical (unpaired) electrons. The minimum absolute atomic E-state index is 0.328. The fourth-order valence-corrected chi connectivity index (χ4v) is 3.79. The van der Waals surface area contributed by atoms with Crippen LogP contribution in [0.4, 0.5) is 0 Å². The number of esters is 1. The zero-order valence-corrected chi connectivity index (χ0v) is 20.0. The van der Waals surface area contributed by atoms with Crippen LogP contribution in [0.25, 0.3) is 0 Å². The maximum Gasteiger partial charge on any atom is 0.338 e. The van der Waals surface area contributed by atoms with E-state index in [9.17, 15) is 4.79 Å². The van der Waals surface area contributed by atoms with Crippen molar-refractivity contribution in [2.24, 2.45) is 0 Å². The van der Waals surface area contributed by atoms with Crippen molar-refractivity contribution in [1.29, 1.82) is 0 Å². The maximum absolute atomic E-state index is 12.5. The number of halogens is 2. The van der Waals surface area contributed by atoms with E-state index in [-0.39, 0.29) is 18.4 Å². The summed E-state index contributed by atoms with van der Waals surface area (Å²) in [5.74, 6) is -0.381. The summed E-state index contributed by atoms with van der Waals surface area (Å²) in [6.07, 6.45) is 0.0890. The van der Waals surface area contributed by atoms with Crippen LogP contribution in [0.1, 0.15) is 42.6 Å². The van der Waals surface area contributed by atoms with Gasteiger partial charge in [0.25, 0.3) is 0 Å². The van der Waals surface area contributed by atoms with E-state index in [4.69, 9.17) is 30.5 Å². The number of ether oxygens (including phenoxy) is 4. The molecule has 0 N–H and O–H groups in total. The highest BCUT2D eigenvalue weighted by Gasteiger charge is 2.38. The molecule has 5 nitrogen and oxygen atoms in total. The smallest absolute Gasteiger partial charge is 0.338 e. The summed E-state index contributed by atoms with van der Waals surface area (Å²) in [6.45, 7) is 4.64. The number of carbonyl (C=O) groups is 1. The molecule has 1 saturated heterocycles. The summed E-state index contributed by atoms with van der Waals surface area (Å²) < 4.78 is 24.7. The quantitative estimate of drug-likeness (QED) is 0.319. The predicted octanol–water partition coefficient (Wildman–Crippen LogP) is 5.62. The molecular formula is C23H26ClIO5. The maximum atomic E-state index is 12.5. The highest BCUT2D eigenvalue weighted by atomic mass is 127. The molecule has 4 atom stereocenters. The molecule has 162 valence electrons. The van der Waals surface area contributed by atoms with Crippen LogP contribution in [-0.4, -0.2) is 37.2 Å². The van der Waals surface area contributed by atoms with Crippen molar-refractivity contribution in [3.63, 3.8) is 0 Å². The van der Waals surface area contributed by atoms with Crippen molar-refractivity contribution in [3.05, 3.63) is 68.3 Å². The Balaban J connectivity index is 1.66. The van der Waals surface area contributed by atoms with E-state index in [2.05, 4.69) is 29.5 Å². The molecule has 2 aromatic carbocycles. The summed E-state index contributed by atoms with van der Waals surface area (Å²) >= 11 is 8.40. The lowest BCUT2D eigenvalue weighted by Gasteiger charge is -2.38. The molecule has 1 fully saturated rings. The Morgan fingerprint density at radius 1 is 1.27 bits per heavy atom. The Morgan fingerprint density at radius 3 is 2.73 bits per heavy atom. The van der Waals surface area contributed by atoms with Gasteiger partial charge < -0.3 is 18.9 Å². The van der Waals surface area contributed by atoms with Gasteiger partial charge in [-0.25, -0.2) is 4.79 Å². The second kappa shape index (κ2) is 11.4. The first-order valence-electron chi connectivity index (χ1n) is 10.1. The third kappa shape index (κ3) is 6.40. The highest BCUT2D eigenvalue weighted by Crippen LogP contribution is 2.25. The third-order valence-electron chi connectivity index (χ3n) is 4.86. The van der Waals surface area contributed by atoms with Gasteiger partial charge in [-0.2, -0.15) is 0 Å². The first-order valence-corrected chi connectivity index (χ1v) is 11.5. The van der Waals surface area contributed by atoms with Crippen LogP contribution >= 0.6 is 34.2 Å². The predicted molar refractivity (Wildman–Crippen MR) is 124 cm³/mol. The van der Waals surface area contributed by atoms with E-state index in [1.165, 1.54) is 0 Å². The number of benzene rings is 2. The van der Waals surface area contributed by atoms with Crippen LogP contribution in [0.15, 0.2) is 48.5 Å². The molecule has 1 heterocycles. The minimum Gasteiger partial charge on any atom is -0.456 e. The van der Waals surface area contributed by atoms with Crippen LogP contribution in [0.5, 0.6) is 0 Å². The number of hydrogen-bond acceptors (Lipinski definition) is 5. The highest BCUT2D eigenvalue weighted by molar-refractivity contribution is 14.1. The Labute approximate surface area is 196 Å². The first-order chi connectivity index (χ1) is 14.5. The van der Waals surface area contributed by atoms with Gasteiger partial charge in [0, 0.05) is 3.57 Å². The van der Waals surface area contributed by atoms with Gasteiger partial charge in [-0.3, -0.25) is 0 Å². The van der Waals surface area contributed by atoms with E-state index in [0.717, 1.165) is 22.0 Å². The van der Waals surface area contributed by atoms with E-state index < -0.39 is 12.2 Å².